The molecule has 1 aromatic carbocycles. The van der Waals surface area contributed by atoms with E-state index in [1.165, 1.54) is 24.3 Å². The Bertz CT molecular complexity index is 601. The number of aliphatic hydroxyl groups is 1. The highest BCUT2D eigenvalue weighted by atomic mass is 127. The van der Waals surface area contributed by atoms with E-state index in [2.05, 4.69) is 25.7 Å². The number of halogens is 3. The highest BCUT2D eigenvalue weighted by Gasteiger charge is 2.10. The monoisotopic (exact) mass is 514 g/mol. The maximum atomic E-state index is 12.1. The SMILES string of the molecule is CCNC(=NCC(O)c1ccc(OC(F)F)cc1)NCCNC(=O)C(C)C.I. The number of hydrogen-bond donors (Lipinski definition) is 4. The molecule has 0 aliphatic heterocycles. The Kier molecular flexibility index (Phi) is 13.5. The summed E-state index contributed by atoms with van der Waals surface area (Å²) in [5, 5.41) is 19.1. The van der Waals surface area contributed by atoms with Crippen LogP contribution in [0.4, 0.5) is 8.78 Å². The summed E-state index contributed by atoms with van der Waals surface area (Å²) in [6.07, 6.45) is -0.887. The Balaban J connectivity index is 0.00000729. The van der Waals surface area contributed by atoms with E-state index in [1.807, 2.05) is 20.8 Å². The van der Waals surface area contributed by atoms with Crippen molar-refractivity contribution in [3.63, 3.8) is 0 Å². The molecular formula is C18H29F2IN4O3. The molecule has 1 atom stereocenters. The first kappa shape index (κ1) is 26.3. The summed E-state index contributed by atoms with van der Waals surface area (Å²) in [7, 11) is 0. The van der Waals surface area contributed by atoms with Crippen LogP contribution in [0.3, 0.4) is 0 Å². The fraction of sp³-hybridized carbons (Fsp3) is 0.556. The van der Waals surface area contributed by atoms with Gasteiger partial charge in [0.15, 0.2) is 5.96 Å². The number of aliphatic imine (C=N–C) groups is 1. The van der Waals surface area contributed by atoms with Gasteiger partial charge in [0.05, 0.1) is 12.6 Å². The number of carbonyl (C=O) groups excluding carboxylic acids is 1. The second-order valence-electron chi connectivity index (χ2n) is 6.06. The maximum Gasteiger partial charge on any atom is 0.387 e. The van der Waals surface area contributed by atoms with E-state index >= 15 is 0 Å². The molecule has 28 heavy (non-hydrogen) atoms. The van der Waals surface area contributed by atoms with Crippen LogP contribution in [-0.2, 0) is 4.79 Å². The highest BCUT2D eigenvalue weighted by Crippen LogP contribution is 2.19. The molecule has 0 radical (unpaired) electrons. The van der Waals surface area contributed by atoms with E-state index in [-0.39, 0.29) is 48.1 Å². The zero-order valence-corrected chi connectivity index (χ0v) is 18.6. The predicted molar refractivity (Wildman–Crippen MR) is 115 cm³/mol. The number of amides is 1. The fourth-order valence-electron chi connectivity index (χ4n) is 2.07. The Morgan fingerprint density at radius 2 is 1.75 bits per heavy atom. The average molecular weight is 514 g/mol. The summed E-state index contributed by atoms with van der Waals surface area (Å²) in [5.74, 6) is 0.448. The molecule has 0 fully saturated rings. The molecule has 1 unspecified atom stereocenters. The van der Waals surface area contributed by atoms with Crippen molar-refractivity contribution < 1.29 is 23.4 Å². The maximum absolute atomic E-state index is 12.1. The van der Waals surface area contributed by atoms with Crippen molar-refractivity contribution in [2.45, 2.75) is 33.5 Å². The van der Waals surface area contributed by atoms with Crippen LogP contribution in [-0.4, -0.2) is 49.8 Å². The molecule has 0 spiro atoms. The van der Waals surface area contributed by atoms with Gasteiger partial charge >= 0.3 is 6.61 Å². The molecule has 0 aliphatic carbocycles. The number of aliphatic hydroxyl groups excluding tert-OH is 1. The Morgan fingerprint density at radius 1 is 1.14 bits per heavy atom. The van der Waals surface area contributed by atoms with Crippen molar-refractivity contribution in [2.75, 3.05) is 26.2 Å². The molecule has 1 rings (SSSR count). The minimum atomic E-state index is -2.88. The van der Waals surface area contributed by atoms with Crippen LogP contribution in [0.1, 0.15) is 32.4 Å². The highest BCUT2D eigenvalue weighted by molar-refractivity contribution is 14.0. The van der Waals surface area contributed by atoms with Crippen molar-refractivity contribution in [2.24, 2.45) is 10.9 Å². The lowest BCUT2D eigenvalue weighted by Gasteiger charge is -2.14. The molecule has 1 amide bonds. The first-order chi connectivity index (χ1) is 12.8. The molecule has 1 aromatic rings. The zero-order valence-electron chi connectivity index (χ0n) is 16.2. The summed E-state index contributed by atoms with van der Waals surface area (Å²) < 4.78 is 28.6. The van der Waals surface area contributed by atoms with Crippen LogP contribution in [0.5, 0.6) is 5.75 Å². The Morgan fingerprint density at radius 3 is 2.29 bits per heavy atom. The van der Waals surface area contributed by atoms with Crippen molar-refractivity contribution >= 4 is 35.8 Å². The third-order valence-corrected chi connectivity index (χ3v) is 3.50. The van der Waals surface area contributed by atoms with Gasteiger partial charge in [0.1, 0.15) is 5.75 Å². The Labute approximate surface area is 181 Å². The van der Waals surface area contributed by atoms with Gasteiger partial charge in [-0.15, -0.1) is 24.0 Å². The number of nitrogens with one attached hydrogen (secondary N) is 3. The lowest BCUT2D eigenvalue weighted by molar-refractivity contribution is -0.123. The predicted octanol–water partition coefficient (Wildman–Crippen LogP) is 2.27. The smallest absolute Gasteiger partial charge is 0.387 e. The van der Waals surface area contributed by atoms with E-state index in [9.17, 15) is 18.7 Å². The lowest BCUT2D eigenvalue weighted by Crippen LogP contribution is -2.42. The summed E-state index contributed by atoms with van der Waals surface area (Å²) in [6.45, 7) is 4.34. The fourth-order valence-corrected chi connectivity index (χ4v) is 2.07. The van der Waals surface area contributed by atoms with Gasteiger partial charge < -0.3 is 25.8 Å². The normalized spacial score (nSPS) is 12.4. The number of rotatable bonds is 10. The van der Waals surface area contributed by atoms with Crippen LogP contribution in [0.15, 0.2) is 29.3 Å². The van der Waals surface area contributed by atoms with Gasteiger partial charge in [0.25, 0.3) is 0 Å². The summed E-state index contributed by atoms with van der Waals surface area (Å²) in [4.78, 5) is 15.8. The number of hydrogen-bond acceptors (Lipinski definition) is 4. The average Bonchev–Trinajstić information content (AvgIpc) is 2.62. The molecule has 7 nitrogen and oxygen atoms in total. The summed E-state index contributed by atoms with van der Waals surface area (Å²) in [5.41, 5.74) is 0.542. The van der Waals surface area contributed by atoms with Crippen LogP contribution in [0.25, 0.3) is 0 Å². The number of benzene rings is 1. The number of guanidine groups is 1. The van der Waals surface area contributed by atoms with Gasteiger partial charge in [-0.05, 0) is 24.6 Å². The molecule has 0 aromatic heterocycles. The summed E-state index contributed by atoms with van der Waals surface area (Å²) >= 11 is 0. The molecule has 160 valence electrons. The van der Waals surface area contributed by atoms with Crippen molar-refractivity contribution in [3.05, 3.63) is 29.8 Å². The molecule has 10 heteroatoms. The van der Waals surface area contributed by atoms with Crippen LogP contribution in [0.2, 0.25) is 0 Å². The number of nitrogens with zero attached hydrogens (tertiary/aromatic N) is 1. The van der Waals surface area contributed by atoms with Crippen LogP contribution >= 0.6 is 24.0 Å². The van der Waals surface area contributed by atoms with E-state index in [4.69, 9.17) is 0 Å². The second-order valence-corrected chi connectivity index (χ2v) is 6.06. The number of alkyl halides is 2. The zero-order chi connectivity index (χ0) is 20.2. The Hall–Kier alpha value is -1.69. The van der Waals surface area contributed by atoms with Crippen LogP contribution < -0.4 is 20.7 Å². The largest absolute Gasteiger partial charge is 0.435 e. The van der Waals surface area contributed by atoms with Gasteiger partial charge in [-0.1, -0.05) is 26.0 Å². The molecule has 0 aliphatic rings. The molecule has 0 heterocycles. The van der Waals surface area contributed by atoms with Crippen molar-refractivity contribution in [3.8, 4) is 5.75 Å². The van der Waals surface area contributed by atoms with Crippen molar-refractivity contribution in [1.82, 2.24) is 16.0 Å². The van der Waals surface area contributed by atoms with E-state index in [1.54, 1.807) is 0 Å². The first-order valence-electron chi connectivity index (χ1n) is 8.86. The molecule has 4 N–H and O–H groups in total. The van der Waals surface area contributed by atoms with Gasteiger partial charge in [-0.25, -0.2) is 0 Å². The summed E-state index contributed by atoms with van der Waals surface area (Å²) in [6, 6.07) is 5.77. The molecule has 0 bridgehead atoms. The molecule has 0 saturated heterocycles. The molecule has 0 saturated carbocycles. The minimum absolute atomic E-state index is 0. The quantitative estimate of drug-likeness (QED) is 0.166. The third kappa shape index (κ3) is 10.6. The second kappa shape index (κ2) is 14.3. The number of carbonyl (C=O) groups is 1. The number of ether oxygens (including phenoxy) is 1. The minimum Gasteiger partial charge on any atom is -0.435 e. The standard InChI is InChI=1S/C18H28F2N4O3.HI/c1-4-21-18(23-10-9-22-16(26)12(2)3)24-11-15(25)13-5-7-14(8-6-13)27-17(19)20;/h5-8,12,15,17,25H,4,9-11H2,1-3H3,(H,22,26)(H2,21,23,24);1H. The van der Waals surface area contributed by atoms with Crippen molar-refractivity contribution in [1.29, 1.82) is 0 Å². The van der Waals surface area contributed by atoms with E-state index in [0.29, 0.717) is 31.2 Å². The third-order valence-electron chi connectivity index (χ3n) is 3.50. The van der Waals surface area contributed by atoms with E-state index < -0.39 is 12.7 Å². The van der Waals surface area contributed by atoms with Crippen LogP contribution in [0, 0.1) is 5.92 Å². The van der Waals surface area contributed by atoms with Gasteiger partial charge in [-0.2, -0.15) is 8.78 Å². The van der Waals surface area contributed by atoms with Gasteiger partial charge in [0, 0.05) is 25.6 Å². The first-order valence-corrected chi connectivity index (χ1v) is 8.86. The van der Waals surface area contributed by atoms with E-state index in [0.717, 1.165) is 0 Å². The van der Waals surface area contributed by atoms with Gasteiger partial charge in [0.2, 0.25) is 5.91 Å². The van der Waals surface area contributed by atoms with Gasteiger partial charge in [-0.3, -0.25) is 9.79 Å². The lowest BCUT2D eigenvalue weighted by atomic mass is 10.1. The topological polar surface area (TPSA) is 95.0 Å². The molecular weight excluding hydrogens is 485 g/mol.